The van der Waals surface area contributed by atoms with E-state index in [0.29, 0.717) is 0 Å². The summed E-state index contributed by atoms with van der Waals surface area (Å²) in [4.78, 5) is 2.78. The normalized spacial score (nSPS) is 33.3. The highest BCUT2D eigenvalue weighted by atomic mass is 15.2. The van der Waals surface area contributed by atoms with E-state index in [4.69, 9.17) is 0 Å². The lowest BCUT2D eigenvalue weighted by molar-refractivity contribution is 0.0763. The molecular weight excluding hydrogens is 244 g/mol. The summed E-state index contributed by atoms with van der Waals surface area (Å²) >= 11 is 0. The highest BCUT2D eigenvalue weighted by molar-refractivity contribution is 4.92. The van der Waals surface area contributed by atoms with Gasteiger partial charge in [-0.15, -0.1) is 0 Å². The Labute approximate surface area is 126 Å². The van der Waals surface area contributed by atoms with E-state index in [2.05, 4.69) is 31.1 Å². The number of nitrogens with zero attached hydrogens (tertiary/aromatic N) is 1. The second-order valence-electron chi connectivity index (χ2n) is 7.13. The molecule has 0 aromatic carbocycles. The van der Waals surface area contributed by atoms with Gasteiger partial charge in [-0.25, -0.2) is 0 Å². The van der Waals surface area contributed by atoms with Crippen LogP contribution in [0.25, 0.3) is 0 Å². The molecule has 2 aliphatic carbocycles. The monoisotopic (exact) mass is 280 g/mol. The van der Waals surface area contributed by atoms with Crippen LogP contribution in [0.2, 0.25) is 0 Å². The average Bonchev–Trinajstić information content (AvgIpc) is 2.76. The number of hydrogen-bond acceptors (Lipinski definition) is 2. The summed E-state index contributed by atoms with van der Waals surface area (Å²) in [7, 11) is 2.42. The van der Waals surface area contributed by atoms with Crippen LogP contribution in [0.5, 0.6) is 0 Å². The van der Waals surface area contributed by atoms with Gasteiger partial charge in [-0.2, -0.15) is 0 Å². The average molecular weight is 280 g/mol. The van der Waals surface area contributed by atoms with Gasteiger partial charge in [0.25, 0.3) is 0 Å². The van der Waals surface area contributed by atoms with Gasteiger partial charge in [-0.3, -0.25) is 4.90 Å². The lowest BCUT2D eigenvalue weighted by Crippen LogP contribution is -2.54. The van der Waals surface area contributed by atoms with Crippen LogP contribution in [-0.2, 0) is 0 Å². The van der Waals surface area contributed by atoms with E-state index in [1.54, 1.807) is 0 Å². The lowest BCUT2D eigenvalue weighted by Gasteiger charge is -2.44. The van der Waals surface area contributed by atoms with Crippen LogP contribution in [0, 0.1) is 5.92 Å². The Kier molecular flexibility index (Phi) is 6.83. The number of likely N-dealkylation sites (N-methyl/N-ethyl adjacent to an activating group) is 2. The second-order valence-corrected chi connectivity index (χ2v) is 7.13. The van der Waals surface area contributed by atoms with Crippen molar-refractivity contribution in [3.8, 4) is 0 Å². The summed E-state index contributed by atoms with van der Waals surface area (Å²) in [5, 5.41) is 3.77. The quantitative estimate of drug-likeness (QED) is 0.759. The molecule has 2 heteroatoms. The summed E-state index contributed by atoms with van der Waals surface area (Å²) in [5.41, 5.74) is 0. The predicted octanol–water partition coefficient (Wildman–Crippen LogP) is 4.20. The molecule has 2 rings (SSSR count). The molecule has 2 fully saturated rings. The molecule has 2 saturated carbocycles. The number of rotatable bonds is 5. The Morgan fingerprint density at radius 3 is 2.25 bits per heavy atom. The molecule has 20 heavy (non-hydrogen) atoms. The molecule has 0 saturated heterocycles. The van der Waals surface area contributed by atoms with Crippen LogP contribution in [0.3, 0.4) is 0 Å². The van der Waals surface area contributed by atoms with E-state index in [1.807, 2.05) is 0 Å². The first-order chi connectivity index (χ1) is 9.76. The van der Waals surface area contributed by atoms with Gasteiger partial charge in [0, 0.05) is 18.1 Å². The maximum absolute atomic E-state index is 3.77. The molecule has 1 N–H and O–H groups in total. The SMILES string of the molecule is CCNC1CCC(CC)CC1N(C)C1CCCCCC1. The van der Waals surface area contributed by atoms with Crippen molar-refractivity contribution in [3.63, 3.8) is 0 Å². The van der Waals surface area contributed by atoms with Crippen molar-refractivity contribution in [2.24, 2.45) is 5.92 Å². The Hall–Kier alpha value is -0.0800. The van der Waals surface area contributed by atoms with Crippen molar-refractivity contribution in [2.45, 2.75) is 96.2 Å². The number of hydrogen-bond donors (Lipinski definition) is 1. The molecule has 0 radical (unpaired) electrons. The third-order valence-electron chi connectivity index (χ3n) is 5.89. The van der Waals surface area contributed by atoms with Crippen molar-refractivity contribution < 1.29 is 0 Å². The molecule has 0 aliphatic heterocycles. The molecule has 2 aliphatic rings. The van der Waals surface area contributed by atoms with Crippen molar-refractivity contribution in [2.75, 3.05) is 13.6 Å². The van der Waals surface area contributed by atoms with E-state index < -0.39 is 0 Å². The van der Waals surface area contributed by atoms with Crippen LogP contribution in [0.4, 0.5) is 0 Å². The highest BCUT2D eigenvalue weighted by Crippen LogP contribution is 2.32. The van der Waals surface area contributed by atoms with Crippen LogP contribution in [0.15, 0.2) is 0 Å². The van der Waals surface area contributed by atoms with E-state index in [9.17, 15) is 0 Å². The summed E-state index contributed by atoms with van der Waals surface area (Å²) in [5.74, 6) is 0.961. The fraction of sp³-hybridized carbons (Fsp3) is 1.00. The predicted molar refractivity (Wildman–Crippen MR) is 88.1 cm³/mol. The van der Waals surface area contributed by atoms with Gasteiger partial charge in [0.1, 0.15) is 0 Å². The molecule has 2 nitrogen and oxygen atoms in total. The largest absolute Gasteiger partial charge is 0.313 e. The van der Waals surface area contributed by atoms with Crippen LogP contribution in [-0.4, -0.2) is 36.6 Å². The zero-order valence-electron chi connectivity index (χ0n) is 14.0. The first-order valence-electron chi connectivity index (χ1n) is 9.21. The van der Waals surface area contributed by atoms with Crippen LogP contribution >= 0.6 is 0 Å². The maximum atomic E-state index is 3.77. The number of nitrogens with one attached hydrogen (secondary N) is 1. The topological polar surface area (TPSA) is 15.3 Å². The van der Waals surface area contributed by atoms with Crippen molar-refractivity contribution in [1.29, 1.82) is 0 Å². The third-order valence-corrected chi connectivity index (χ3v) is 5.89. The zero-order valence-corrected chi connectivity index (χ0v) is 14.0. The Morgan fingerprint density at radius 2 is 1.65 bits per heavy atom. The molecule has 3 atom stereocenters. The highest BCUT2D eigenvalue weighted by Gasteiger charge is 2.34. The molecule has 0 spiro atoms. The Balaban J connectivity index is 1.99. The van der Waals surface area contributed by atoms with Crippen molar-refractivity contribution >= 4 is 0 Å². The Morgan fingerprint density at radius 1 is 0.950 bits per heavy atom. The van der Waals surface area contributed by atoms with Crippen molar-refractivity contribution in [1.82, 2.24) is 10.2 Å². The fourth-order valence-corrected chi connectivity index (χ4v) is 4.49. The Bertz CT molecular complexity index is 258. The minimum absolute atomic E-state index is 0.732. The molecule has 0 bridgehead atoms. The summed E-state index contributed by atoms with van der Waals surface area (Å²) in [6.45, 7) is 5.76. The molecule has 118 valence electrons. The molecule has 0 aromatic heterocycles. The lowest BCUT2D eigenvalue weighted by atomic mass is 9.79. The fourth-order valence-electron chi connectivity index (χ4n) is 4.49. The van der Waals surface area contributed by atoms with Crippen LogP contribution in [0.1, 0.15) is 78.1 Å². The van der Waals surface area contributed by atoms with Gasteiger partial charge in [-0.1, -0.05) is 46.0 Å². The van der Waals surface area contributed by atoms with E-state index in [-0.39, 0.29) is 0 Å². The van der Waals surface area contributed by atoms with Gasteiger partial charge < -0.3 is 5.32 Å². The second kappa shape index (κ2) is 8.38. The summed E-state index contributed by atoms with van der Waals surface area (Å²) in [6, 6.07) is 2.35. The summed E-state index contributed by atoms with van der Waals surface area (Å²) < 4.78 is 0. The minimum Gasteiger partial charge on any atom is -0.313 e. The smallest absolute Gasteiger partial charge is 0.0251 e. The van der Waals surface area contributed by atoms with E-state index in [0.717, 1.165) is 30.6 Å². The van der Waals surface area contributed by atoms with Gasteiger partial charge in [0.15, 0.2) is 0 Å². The maximum Gasteiger partial charge on any atom is 0.0251 e. The standard InChI is InChI=1S/C18H36N2/c1-4-15-12-13-17(19-5-2)18(14-15)20(3)16-10-8-6-7-9-11-16/h15-19H,4-14H2,1-3H3. The summed E-state index contributed by atoms with van der Waals surface area (Å²) in [6.07, 6.45) is 14.3. The van der Waals surface area contributed by atoms with Gasteiger partial charge >= 0.3 is 0 Å². The zero-order chi connectivity index (χ0) is 14.4. The molecule has 3 unspecified atom stereocenters. The van der Waals surface area contributed by atoms with Gasteiger partial charge in [0.05, 0.1) is 0 Å². The first kappa shape index (κ1) is 16.3. The molecule has 0 heterocycles. The van der Waals surface area contributed by atoms with E-state index in [1.165, 1.54) is 64.2 Å². The van der Waals surface area contributed by atoms with Gasteiger partial charge in [-0.05, 0) is 51.6 Å². The third kappa shape index (κ3) is 4.21. The molecule has 0 amide bonds. The minimum atomic E-state index is 0.732. The first-order valence-corrected chi connectivity index (χ1v) is 9.21. The molecular formula is C18H36N2. The molecule has 0 aromatic rings. The van der Waals surface area contributed by atoms with Gasteiger partial charge in [0.2, 0.25) is 0 Å². The van der Waals surface area contributed by atoms with E-state index >= 15 is 0 Å². The van der Waals surface area contributed by atoms with Crippen LogP contribution < -0.4 is 5.32 Å². The van der Waals surface area contributed by atoms with Crippen molar-refractivity contribution in [3.05, 3.63) is 0 Å².